The van der Waals surface area contributed by atoms with E-state index in [4.69, 9.17) is 21.4 Å². The van der Waals surface area contributed by atoms with Crippen molar-refractivity contribution in [1.82, 2.24) is 20.4 Å². The van der Waals surface area contributed by atoms with Crippen molar-refractivity contribution in [3.8, 4) is 11.5 Å². The Bertz CT molecular complexity index is 960. The van der Waals surface area contributed by atoms with Crippen molar-refractivity contribution in [3.05, 3.63) is 34.7 Å². The normalized spacial score (nSPS) is 21.9. The summed E-state index contributed by atoms with van der Waals surface area (Å²) in [7, 11) is 0. The van der Waals surface area contributed by atoms with E-state index in [9.17, 15) is 9.59 Å². The lowest BCUT2D eigenvalue weighted by Crippen LogP contribution is -2.59. The molecule has 0 radical (unpaired) electrons. The highest BCUT2D eigenvalue weighted by Gasteiger charge is 2.38. The fourth-order valence-corrected chi connectivity index (χ4v) is 3.71. The summed E-state index contributed by atoms with van der Waals surface area (Å²) in [6.45, 7) is 10.2. The Balaban J connectivity index is 1.69. The van der Waals surface area contributed by atoms with E-state index in [1.54, 1.807) is 29.2 Å². The van der Waals surface area contributed by atoms with Gasteiger partial charge in [0.15, 0.2) is 0 Å². The Morgan fingerprint density at radius 1 is 1.27 bits per heavy atom. The predicted octanol–water partition coefficient (Wildman–Crippen LogP) is 4.16. The van der Waals surface area contributed by atoms with Crippen molar-refractivity contribution in [1.29, 1.82) is 0 Å². The van der Waals surface area contributed by atoms with E-state index in [1.165, 1.54) is 0 Å². The number of nitrogens with zero attached hydrogens (tertiary/aromatic N) is 2. The zero-order valence-electron chi connectivity index (χ0n) is 17.9. The van der Waals surface area contributed by atoms with Crippen molar-refractivity contribution in [2.24, 2.45) is 5.92 Å². The molecular weight excluding hydrogens is 404 g/mol. The van der Waals surface area contributed by atoms with Crippen molar-refractivity contribution >= 4 is 24.2 Å². The number of H-pyrrole nitrogens is 1. The van der Waals surface area contributed by atoms with Crippen LogP contribution in [0.2, 0.25) is 0 Å². The quantitative estimate of drug-likeness (QED) is 0.706. The minimum absolute atomic E-state index is 0.178. The number of piperidine rings is 1. The van der Waals surface area contributed by atoms with Gasteiger partial charge in [0.25, 0.3) is 10.7 Å². The Labute approximate surface area is 181 Å². The third-order valence-corrected chi connectivity index (χ3v) is 5.38. The van der Waals surface area contributed by atoms with E-state index in [-0.39, 0.29) is 34.8 Å². The molecule has 2 aromatic rings. The summed E-state index contributed by atoms with van der Waals surface area (Å²) in [5.41, 5.74) is 0.670. The average molecular weight is 433 g/mol. The number of benzene rings is 1. The Morgan fingerprint density at radius 3 is 2.50 bits per heavy atom. The smallest absolute Gasteiger partial charge is 0.410 e. The first-order chi connectivity index (χ1) is 14.0. The lowest BCUT2D eigenvalue weighted by atomic mass is 9.87. The minimum atomic E-state index is -0.563. The maximum absolute atomic E-state index is 12.9. The Hall–Kier alpha value is -2.68. The van der Waals surface area contributed by atoms with Gasteiger partial charge >= 0.3 is 6.09 Å². The summed E-state index contributed by atoms with van der Waals surface area (Å²) in [6.07, 6.45) is 0.437. The Morgan fingerprint density at radius 2 is 1.93 bits per heavy atom. The third-order valence-electron chi connectivity index (χ3n) is 5.21. The summed E-state index contributed by atoms with van der Waals surface area (Å²) in [5.74, 6) is 0.406. The molecule has 0 bridgehead atoms. The van der Waals surface area contributed by atoms with E-state index in [0.717, 1.165) is 12.0 Å². The van der Waals surface area contributed by atoms with Crippen LogP contribution in [-0.4, -0.2) is 51.3 Å². The van der Waals surface area contributed by atoms with Crippen LogP contribution in [0.15, 0.2) is 28.7 Å². The van der Waals surface area contributed by atoms with Crippen LogP contribution in [0, 0.1) is 10.8 Å². The molecule has 9 heteroatoms. The molecule has 1 aromatic heterocycles. The number of aromatic amines is 1. The van der Waals surface area contributed by atoms with Crippen molar-refractivity contribution in [3.63, 3.8) is 0 Å². The van der Waals surface area contributed by atoms with Crippen LogP contribution in [0.3, 0.4) is 0 Å². The van der Waals surface area contributed by atoms with E-state index < -0.39 is 5.60 Å². The van der Waals surface area contributed by atoms with Gasteiger partial charge in [-0.2, -0.15) is 0 Å². The van der Waals surface area contributed by atoms with E-state index >= 15 is 0 Å². The molecule has 0 spiro atoms. The van der Waals surface area contributed by atoms with E-state index in [0.29, 0.717) is 18.0 Å². The summed E-state index contributed by atoms with van der Waals surface area (Å²) in [6, 6.07) is 6.57. The maximum atomic E-state index is 12.9. The van der Waals surface area contributed by atoms with Gasteiger partial charge in [-0.25, -0.2) is 9.89 Å². The van der Waals surface area contributed by atoms with Gasteiger partial charge in [0.1, 0.15) is 5.60 Å². The number of carbonyl (C=O) groups is 2. The number of likely N-dealkylation sites (tertiary alicyclic amines) is 1. The highest BCUT2D eigenvalue weighted by atomic mass is 32.1. The average Bonchev–Trinajstić information content (AvgIpc) is 3.10. The lowest BCUT2D eigenvalue weighted by molar-refractivity contribution is 0.000872. The second kappa shape index (κ2) is 8.59. The molecule has 30 heavy (non-hydrogen) atoms. The topological polar surface area (TPSA) is 100 Å². The predicted molar refractivity (Wildman–Crippen MR) is 115 cm³/mol. The highest BCUT2D eigenvalue weighted by molar-refractivity contribution is 7.71. The number of hydrogen-bond donors (Lipinski definition) is 2. The standard InChI is InChI=1S/C21H28N4O4S/c1-12-10-11-25(20(27)29-21(3,4)5)13(2)16(12)22-17(26)14-6-8-15(9-7-14)18-23-24-19(30)28-18/h6-9,12-13,16H,10-11H2,1-5H3,(H,22,26)(H,24,30)/t12-,13-,16-/m1/s1. The number of rotatable bonds is 3. The first kappa shape index (κ1) is 22.0. The van der Waals surface area contributed by atoms with Gasteiger partial charge in [-0.3, -0.25) is 4.79 Å². The summed E-state index contributed by atoms with van der Waals surface area (Å²) in [4.78, 5) is 27.3. The van der Waals surface area contributed by atoms with Gasteiger partial charge in [-0.1, -0.05) is 6.92 Å². The van der Waals surface area contributed by atoms with Crippen molar-refractivity contribution in [2.75, 3.05) is 6.54 Å². The molecule has 0 aliphatic carbocycles. The molecule has 1 saturated heterocycles. The third kappa shape index (κ3) is 5.08. The van der Waals surface area contributed by atoms with Crippen molar-refractivity contribution in [2.45, 2.75) is 58.7 Å². The van der Waals surface area contributed by atoms with Crippen LogP contribution in [0.25, 0.3) is 11.5 Å². The summed E-state index contributed by atoms with van der Waals surface area (Å²) in [5, 5.41) is 9.65. The summed E-state index contributed by atoms with van der Waals surface area (Å²) >= 11 is 4.88. The number of amides is 2. The molecule has 8 nitrogen and oxygen atoms in total. The second-order valence-corrected chi connectivity index (χ2v) is 9.05. The Kier molecular flexibility index (Phi) is 6.30. The van der Waals surface area contributed by atoms with Crippen LogP contribution >= 0.6 is 12.2 Å². The number of aromatic nitrogens is 2. The lowest BCUT2D eigenvalue weighted by Gasteiger charge is -2.43. The van der Waals surface area contributed by atoms with Crippen LogP contribution < -0.4 is 5.32 Å². The zero-order valence-corrected chi connectivity index (χ0v) is 18.7. The van der Waals surface area contributed by atoms with Crippen molar-refractivity contribution < 1.29 is 18.7 Å². The van der Waals surface area contributed by atoms with E-state index in [1.807, 2.05) is 27.7 Å². The number of nitrogens with one attached hydrogen (secondary N) is 2. The first-order valence-corrected chi connectivity index (χ1v) is 10.4. The highest BCUT2D eigenvalue weighted by Crippen LogP contribution is 2.26. The van der Waals surface area contributed by atoms with Gasteiger partial charge in [0.2, 0.25) is 5.89 Å². The molecule has 2 N–H and O–H groups in total. The number of hydrogen-bond acceptors (Lipinski definition) is 6. The van der Waals surface area contributed by atoms with Gasteiger partial charge in [-0.05, 0) is 76.5 Å². The monoisotopic (exact) mass is 432 g/mol. The second-order valence-electron chi connectivity index (χ2n) is 8.68. The van der Waals surface area contributed by atoms with Gasteiger partial charge in [-0.15, -0.1) is 5.10 Å². The molecule has 0 unspecified atom stereocenters. The minimum Gasteiger partial charge on any atom is -0.444 e. The number of carbonyl (C=O) groups excluding carboxylic acids is 2. The largest absolute Gasteiger partial charge is 0.444 e. The molecule has 3 atom stereocenters. The van der Waals surface area contributed by atoms with Gasteiger partial charge in [0, 0.05) is 17.7 Å². The maximum Gasteiger partial charge on any atom is 0.410 e. The number of ether oxygens (including phenoxy) is 1. The first-order valence-electron chi connectivity index (χ1n) is 10.0. The summed E-state index contributed by atoms with van der Waals surface area (Å²) < 4.78 is 10.8. The molecule has 3 rings (SSSR count). The molecule has 1 aromatic carbocycles. The molecule has 2 amide bonds. The van der Waals surface area contributed by atoms with Gasteiger partial charge in [0.05, 0.1) is 12.1 Å². The molecule has 0 saturated carbocycles. The van der Waals surface area contributed by atoms with Crippen LogP contribution in [-0.2, 0) is 4.74 Å². The fourth-order valence-electron chi connectivity index (χ4n) is 3.59. The molecule has 162 valence electrons. The van der Waals surface area contributed by atoms with Crippen LogP contribution in [0.4, 0.5) is 4.79 Å². The zero-order chi connectivity index (χ0) is 22.1. The molecule has 1 aliphatic rings. The van der Waals surface area contributed by atoms with Crippen LogP contribution in [0.1, 0.15) is 51.4 Å². The molecular formula is C21H28N4O4S. The molecule has 1 fully saturated rings. The van der Waals surface area contributed by atoms with Crippen LogP contribution in [0.5, 0.6) is 0 Å². The van der Waals surface area contributed by atoms with E-state index in [2.05, 4.69) is 22.4 Å². The van der Waals surface area contributed by atoms with Gasteiger partial charge < -0.3 is 19.4 Å². The SMILES string of the molecule is C[C@@H]1CCN(C(=O)OC(C)(C)C)[C@H](C)[C@@H]1NC(=O)c1ccc(-c2n[nH]c(=S)o2)cc1. The molecule has 2 heterocycles. The fraction of sp³-hybridized carbons (Fsp3) is 0.524. The molecule has 1 aliphatic heterocycles.